The largest absolute Gasteiger partial charge is 0.322 e. The van der Waals surface area contributed by atoms with Crippen LogP contribution in [0.4, 0.5) is 5.69 Å². The van der Waals surface area contributed by atoms with Gasteiger partial charge in [-0.05, 0) is 49.2 Å². The number of hydrogen-bond acceptors (Lipinski definition) is 2. The third-order valence-electron chi connectivity index (χ3n) is 3.98. The number of carbonyl (C=O) groups excluding carboxylic acids is 1. The van der Waals surface area contributed by atoms with Crippen molar-refractivity contribution in [2.24, 2.45) is 0 Å². The molecule has 3 aromatic rings. The number of halogens is 1. The number of nitrogens with one attached hydrogen (secondary N) is 1. The molecular formula is C20H20ClN3O. The predicted octanol–water partition coefficient (Wildman–Crippen LogP) is 5.21. The van der Waals surface area contributed by atoms with Crippen LogP contribution < -0.4 is 5.32 Å². The first kappa shape index (κ1) is 17.2. The lowest BCUT2D eigenvalue weighted by atomic mass is 10.0. The van der Waals surface area contributed by atoms with Gasteiger partial charge in [0.05, 0.1) is 23.1 Å². The molecule has 0 spiro atoms. The minimum absolute atomic E-state index is 0.148. The maximum atomic E-state index is 12.7. The van der Waals surface area contributed by atoms with Gasteiger partial charge in [-0.15, -0.1) is 0 Å². The number of nitrogens with zero attached hydrogens (tertiary/aromatic N) is 2. The van der Waals surface area contributed by atoms with Crippen molar-refractivity contribution in [1.82, 2.24) is 9.78 Å². The average molecular weight is 354 g/mol. The van der Waals surface area contributed by atoms with E-state index in [9.17, 15) is 4.79 Å². The SMILES string of the molecule is Cc1ccc(-n2ncc(C(=O)Nc3ccc(Cl)cc3)c2C(C)C)cc1. The summed E-state index contributed by atoms with van der Waals surface area (Å²) >= 11 is 5.89. The predicted molar refractivity (Wildman–Crippen MR) is 102 cm³/mol. The van der Waals surface area contributed by atoms with Crippen LogP contribution in [0.2, 0.25) is 5.02 Å². The second kappa shape index (κ2) is 7.11. The van der Waals surface area contributed by atoms with Crippen LogP contribution >= 0.6 is 11.6 Å². The van der Waals surface area contributed by atoms with Crippen LogP contribution in [0, 0.1) is 6.92 Å². The highest BCUT2D eigenvalue weighted by Gasteiger charge is 2.21. The van der Waals surface area contributed by atoms with Gasteiger partial charge in [0.15, 0.2) is 0 Å². The molecule has 1 N–H and O–H groups in total. The topological polar surface area (TPSA) is 46.9 Å². The summed E-state index contributed by atoms with van der Waals surface area (Å²) in [5, 5.41) is 7.99. The van der Waals surface area contributed by atoms with Gasteiger partial charge >= 0.3 is 0 Å². The van der Waals surface area contributed by atoms with Crippen molar-refractivity contribution < 1.29 is 4.79 Å². The Morgan fingerprint density at radius 1 is 1.08 bits per heavy atom. The van der Waals surface area contributed by atoms with E-state index in [1.165, 1.54) is 5.56 Å². The van der Waals surface area contributed by atoms with Crippen molar-refractivity contribution >= 4 is 23.2 Å². The first-order valence-corrected chi connectivity index (χ1v) is 8.55. The van der Waals surface area contributed by atoms with Crippen molar-refractivity contribution in [2.45, 2.75) is 26.7 Å². The summed E-state index contributed by atoms with van der Waals surface area (Å²) in [7, 11) is 0. The molecule has 0 saturated heterocycles. The number of rotatable bonds is 4. The molecule has 0 fully saturated rings. The highest BCUT2D eigenvalue weighted by molar-refractivity contribution is 6.30. The highest BCUT2D eigenvalue weighted by Crippen LogP contribution is 2.24. The molecule has 0 bridgehead atoms. The summed E-state index contributed by atoms with van der Waals surface area (Å²) in [6.07, 6.45) is 1.63. The first-order chi connectivity index (χ1) is 12.0. The van der Waals surface area contributed by atoms with Gasteiger partial charge in [-0.3, -0.25) is 4.79 Å². The minimum atomic E-state index is -0.176. The summed E-state index contributed by atoms with van der Waals surface area (Å²) in [4.78, 5) is 12.7. The Morgan fingerprint density at radius 3 is 2.32 bits per heavy atom. The summed E-state index contributed by atoms with van der Waals surface area (Å²) in [5.74, 6) is -0.0286. The van der Waals surface area contributed by atoms with Crippen LogP contribution in [0.25, 0.3) is 5.69 Å². The Labute approximate surface area is 152 Å². The zero-order valence-electron chi connectivity index (χ0n) is 14.5. The molecule has 5 heteroatoms. The van der Waals surface area contributed by atoms with Gasteiger partial charge < -0.3 is 5.32 Å². The summed E-state index contributed by atoms with van der Waals surface area (Å²) in [5.41, 5.74) is 4.29. The Hall–Kier alpha value is -2.59. The van der Waals surface area contributed by atoms with Crippen molar-refractivity contribution in [3.8, 4) is 5.69 Å². The number of benzene rings is 2. The fourth-order valence-corrected chi connectivity index (χ4v) is 2.84. The summed E-state index contributed by atoms with van der Waals surface area (Å²) in [6.45, 7) is 6.16. The molecule has 1 heterocycles. The standard InChI is InChI=1S/C20H20ClN3O/c1-13(2)19-18(20(25)23-16-8-6-15(21)7-9-16)12-22-24(19)17-10-4-14(3)5-11-17/h4-13H,1-3H3,(H,23,25). The summed E-state index contributed by atoms with van der Waals surface area (Å²) in [6, 6.07) is 15.1. The van der Waals surface area contributed by atoms with Crippen LogP contribution in [0.3, 0.4) is 0 Å². The molecule has 0 radical (unpaired) electrons. The van der Waals surface area contributed by atoms with Gasteiger partial charge in [0.25, 0.3) is 5.91 Å². The van der Waals surface area contributed by atoms with E-state index in [-0.39, 0.29) is 11.8 Å². The van der Waals surface area contributed by atoms with E-state index in [2.05, 4.69) is 24.3 Å². The van der Waals surface area contributed by atoms with E-state index in [1.807, 2.05) is 35.9 Å². The molecule has 0 aliphatic rings. The lowest BCUT2D eigenvalue weighted by Gasteiger charge is -2.13. The van der Waals surface area contributed by atoms with E-state index in [4.69, 9.17) is 11.6 Å². The van der Waals surface area contributed by atoms with Gasteiger partial charge in [-0.2, -0.15) is 5.10 Å². The minimum Gasteiger partial charge on any atom is -0.322 e. The molecule has 2 aromatic carbocycles. The molecule has 4 nitrogen and oxygen atoms in total. The van der Waals surface area contributed by atoms with Crippen LogP contribution in [-0.2, 0) is 0 Å². The molecule has 0 aliphatic heterocycles. The number of hydrogen-bond donors (Lipinski definition) is 1. The van der Waals surface area contributed by atoms with Gasteiger partial charge in [0.1, 0.15) is 0 Å². The van der Waals surface area contributed by atoms with Gasteiger partial charge in [0.2, 0.25) is 0 Å². The van der Waals surface area contributed by atoms with E-state index in [0.29, 0.717) is 16.3 Å². The monoisotopic (exact) mass is 353 g/mol. The Kier molecular flexibility index (Phi) is 4.91. The van der Waals surface area contributed by atoms with Gasteiger partial charge in [-0.25, -0.2) is 4.68 Å². The van der Waals surface area contributed by atoms with Crippen molar-refractivity contribution in [2.75, 3.05) is 5.32 Å². The van der Waals surface area contributed by atoms with E-state index >= 15 is 0 Å². The molecular weight excluding hydrogens is 334 g/mol. The number of carbonyl (C=O) groups is 1. The quantitative estimate of drug-likeness (QED) is 0.699. The third kappa shape index (κ3) is 3.74. The van der Waals surface area contributed by atoms with E-state index in [0.717, 1.165) is 11.4 Å². The van der Waals surface area contributed by atoms with Crippen LogP contribution in [-0.4, -0.2) is 15.7 Å². The number of aryl methyl sites for hydroxylation is 1. The maximum Gasteiger partial charge on any atom is 0.259 e. The Morgan fingerprint density at radius 2 is 1.72 bits per heavy atom. The number of anilines is 1. The fraction of sp³-hybridized carbons (Fsp3) is 0.200. The van der Waals surface area contributed by atoms with Crippen molar-refractivity contribution in [3.63, 3.8) is 0 Å². The normalized spacial score (nSPS) is 10.9. The molecule has 25 heavy (non-hydrogen) atoms. The Bertz CT molecular complexity index is 880. The van der Waals surface area contributed by atoms with Crippen LogP contribution in [0.1, 0.15) is 41.4 Å². The molecule has 0 atom stereocenters. The molecule has 1 amide bonds. The maximum absolute atomic E-state index is 12.7. The Balaban J connectivity index is 1.94. The molecule has 0 aliphatic carbocycles. The highest BCUT2D eigenvalue weighted by atomic mass is 35.5. The lowest BCUT2D eigenvalue weighted by molar-refractivity contribution is 0.102. The van der Waals surface area contributed by atoms with Crippen molar-refractivity contribution in [3.05, 3.63) is 76.6 Å². The lowest BCUT2D eigenvalue weighted by Crippen LogP contribution is -2.15. The second-order valence-corrected chi connectivity index (χ2v) is 6.74. The zero-order valence-corrected chi connectivity index (χ0v) is 15.2. The average Bonchev–Trinajstić information content (AvgIpc) is 3.03. The molecule has 1 aromatic heterocycles. The third-order valence-corrected chi connectivity index (χ3v) is 4.23. The van der Waals surface area contributed by atoms with E-state index in [1.54, 1.807) is 30.5 Å². The summed E-state index contributed by atoms with van der Waals surface area (Å²) < 4.78 is 1.83. The van der Waals surface area contributed by atoms with Gasteiger partial charge in [0, 0.05) is 10.7 Å². The van der Waals surface area contributed by atoms with Gasteiger partial charge in [-0.1, -0.05) is 43.1 Å². The number of aromatic nitrogens is 2. The fourth-order valence-electron chi connectivity index (χ4n) is 2.71. The van der Waals surface area contributed by atoms with Crippen molar-refractivity contribution in [1.29, 1.82) is 0 Å². The molecule has 3 rings (SSSR count). The number of amides is 1. The molecule has 128 valence electrons. The smallest absolute Gasteiger partial charge is 0.259 e. The zero-order chi connectivity index (χ0) is 18.0. The molecule has 0 saturated carbocycles. The van der Waals surface area contributed by atoms with Crippen LogP contribution in [0.5, 0.6) is 0 Å². The van der Waals surface area contributed by atoms with E-state index < -0.39 is 0 Å². The second-order valence-electron chi connectivity index (χ2n) is 6.31. The first-order valence-electron chi connectivity index (χ1n) is 8.17. The van der Waals surface area contributed by atoms with Crippen LogP contribution in [0.15, 0.2) is 54.7 Å². The molecule has 0 unspecified atom stereocenters.